The zero-order valence-corrected chi connectivity index (χ0v) is 12.0. The van der Waals surface area contributed by atoms with Crippen molar-refractivity contribution in [3.05, 3.63) is 65.7 Å². The third-order valence-corrected chi connectivity index (χ3v) is 3.43. The van der Waals surface area contributed by atoms with Gasteiger partial charge in [0.25, 0.3) is 0 Å². The van der Waals surface area contributed by atoms with Gasteiger partial charge in [-0.1, -0.05) is 37.3 Å². The van der Waals surface area contributed by atoms with E-state index in [2.05, 4.69) is 22.5 Å². The summed E-state index contributed by atoms with van der Waals surface area (Å²) in [5.41, 5.74) is 3.12. The van der Waals surface area contributed by atoms with Crippen LogP contribution >= 0.6 is 0 Å². The number of nitrogens with zero attached hydrogens (tertiary/aromatic N) is 2. The highest BCUT2D eigenvalue weighted by Crippen LogP contribution is 2.18. The van der Waals surface area contributed by atoms with Crippen LogP contribution in [0.4, 0.5) is 4.39 Å². The molecule has 2 nitrogen and oxygen atoms in total. The summed E-state index contributed by atoms with van der Waals surface area (Å²) >= 11 is 0. The van der Waals surface area contributed by atoms with Crippen LogP contribution in [-0.2, 0) is 6.54 Å². The SMILES string of the molecule is CCCn1c(/C=C/c2ccc(F)cc2)nc2ccccc21. The molecule has 0 spiro atoms. The fourth-order valence-electron chi connectivity index (χ4n) is 2.42. The summed E-state index contributed by atoms with van der Waals surface area (Å²) in [5, 5.41) is 0. The molecule has 0 aliphatic heterocycles. The molecule has 0 bridgehead atoms. The summed E-state index contributed by atoms with van der Waals surface area (Å²) in [7, 11) is 0. The number of benzene rings is 2. The monoisotopic (exact) mass is 280 g/mol. The van der Waals surface area contributed by atoms with Crippen molar-refractivity contribution in [2.75, 3.05) is 0 Å². The molecule has 0 fully saturated rings. The Hall–Kier alpha value is -2.42. The second-order valence-corrected chi connectivity index (χ2v) is 5.00. The highest BCUT2D eigenvalue weighted by Gasteiger charge is 2.06. The number of imidazole rings is 1. The molecular formula is C18H17FN2. The van der Waals surface area contributed by atoms with Crippen LogP contribution < -0.4 is 0 Å². The van der Waals surface area contributed by atoms with Gasteiger partial charge in [0.15, 0.2) is 0 Å². The Morgan fingerprint density at radius 1 is 1.05 bits per heavy atom. The van der Waals surface area contributed by atoms with Crippen LogP contribution in [0, 0.1) is 5.82 Å². The third-order valence-electron chi connectivity index (χ3n) is 3.43. The molecule has 0 radical (unpaired) electrons. The Labute approximate surface area is 123 Å². The number of rotatable bonds is 4. The molecule has 1 heterocycles. The maximum Gasteiger partial charge on any atom is 0.133 e. The molecule has 3 rings (SSSR count). The van der Waals surface area contributed by atoms with Crippen LogP contribution in [0.5, 0.6) is 0 Å². The van der Waals surface area contributed by atoms with Crippen molar-refractivity contribution in [1.29, 1.82) is 0 Å². The molecule has 106 valence electrons. The Morgan fingerprint density at radius 2 is 1.81 bits per heavy atom. The lowest BCUT2D eigenvalue weighted by molar-refractivity contribution is 0.628. The van der Waals surface area contributed by atoms with E-state index in [1.807, 2.05) is 30.4 Å². The second kappa shape index (κ2) is 5.92. The zero-order valence-electron chi connectivity index (χ0n) is 12.0. The second-order valence-electron chi connectivity index (χ2n) is 5.00. The van der Waals surface area contributed by atoms with Crippen molar-refractivity contribution < 1.29 is 4.39 Å². The number of para-hydroxylation sites is 2. The van der Waals surface area contributed by atoms with E-state index in [-0.39, 0.29) is 5.82 Å². The third kappa shape index (κ3) is 2.87. The summed E-state index contributed by atoms with van der Waals surface area (Å²) in [6.45, 7) is 3.09. The molecule has 0 N–H and O–H groups in total. The van der Waals surface area contributed by atoms with Crippen LogP contribution in [0.15, 0.2) is 48.5 Å². The first-order chi connectivity index (χ1) is 10.3. The highest BCUT2D eigenvalue weighted by molar-refractivity contribution is 5.79. The molecule has 0 aliphatic rings. The van der Waals surface area contributed by atoms with Gasteiger partial charge in [-0.3, -0.25) is 0 Å². The minimum absolute atomic E-state index is 0.217. The lowest BCUT2D eigenvalue weighted by atomic mass is 10.2. The molecule has 0 amide bonds. The van der Waals surface area contributed by atoms with Gasteiger partial charge in [0.05, 0.1) is 11.0 Å². The zero-order chi connectivity index (χ0) is 14.7. The van der Waals surface area contributed by atoms with E-state index in [0.29, 0.717) is 0 Å². The van der Waals surface area contributed by atoms with E-state index in [0.717, 1.165) is 35.4 Å². The fourth-order valence-corrected chi connectivity index (χ4v) is 2.42. The van der Waals surface area contributed by atoms with Gasteiger partial charge in [-0.15, -0.1) is 0 Å². The number of aromatic nitrogens is 2. The molecule has 1 aromatic heterocycles. The van der Waals surface area contributed by atoms with Gasteiger partial charge in [-0.25, -0.2) is 9.37 Å². The molecule has 0 saturated heterocycles. The standard InChI is InChI=1S/C18H17FN2/c1-2-13-21-17-6-4-3-5-16(17)20-18(21)12-9-14-7-10-15(19)11-8-14/h3-12H,2,13H2,1H3/b12-9+. The van der Waals surface area contributed by atoms with Crippen LogP contribution in [0.2, 0.25) is 0 Å². The average molecular weight is 280 g/mol. The lowest BCUT2D eigenvalue weighted by Gasteiger charge is -2.04. The van der Waals surface area contributed by atoms with Gasteiger partial charge >= 0.3 is 0 Å². The van der Waals surface area contributed by atoms with Gasteiger partial charge in [0.1, 0.15) is 11.6 Å². The van der Waals surface area contributed by atoms with E-state index in [9.17, 15) is 4.39 Å². The number of fused-ring (bicyclic) bond motifs is 1. The van der Waals surface area contributed by atoms with Crippen molar-refractivity contribution in [2.45, 2.75) is 19.9 Å². The van der Waals surface area contributed by atoms with Gasteiger partial charge in [0.2, 0.25) is 0 Å². The van der Waals surface area contributed by atoms with Crippen LogP contribution in [0.1, 0.15) is 24.7 Å². The van der Waals surface area contributed by atoms with E-state index in [4.69, 9.17) is 0 Å². The van der Waals surface area contributed by atoms with E-state index >= 15 is 0 Å². The summed E-state index contributed by atoms with van der Waals surface area (Å²) < 4.78 is 15.1. The molecular weight excluding hydrogens is 263 g/mol. The van der Waals surface area contributed by atoms with Crippen LogP contribution in [-0.4, -0.2) is 9.55 Å². The first-order valence-electron chi connectivity index (χ1n) is 7.17. The fraction of sp³-hybridized carbons (Fsp3) is 0.167. The highest BCUT2D eigenvalue weighted by atomic mass is 19.1. The number of aryl methyl sites for hydroxylation is 1. The topological polar surface area (TPSA) is 17.8 Å². The summed E-state index contributed by atoms with van der Waals surface area (Å²) in [6.07, 6.45) is 5.01. The van der Waals surface area contributed by atoms with Crippen molar-refractivity contribution in [3.63, 3.8) is 0 Å². The maximum atomic E-state index is 12.9. The molecule has 0 saturated carbocycles. The first kappa shape index (κ1) is 13.6. The summed E-state index contributed by atoms with van der Waals surface area (Å²) in [6, 6.07) is 14.6. The van der Waals surface area contributed by atoms with Gasteiger partial charge in [0, 0.05) is 6.54 Å². The Kier molecular flexibility index (Phi) is 3.82. The van der Waals surface area contributed by atoms with Gasteiger partial charge in [-0.2, -0.15) is 0 Å². The summed E-state index contributed by atoms with van der Waals surface area (Å²) in [4.78, 5) is 4.67. The number of hydrogen-bond donors (Lipinski definition) is 0. The average Bonchev–Trinajstić information content (AvgIpc) is 2.85. The molecule has 0 unspecified atom stereocenters. The normalized spacial score (nSPS) is 11.5. The predicted octanol–water partition coefficient (Wildman–Crippen LogP) is 4.76. The minimum atomic E-state index is -0.217. The van der Waals surface area contributed by atoms with Crippen molar-refractivity contribution in [3.8, 4) is 0 Å². The van der Waals surface area contributed by atoms with Crippen molar-refractivity contribution >= 4 is 23.2 Å². The van der Waals surface area contributed by atoms with Gasteiger partial charge < -0.3 is 4.57 Å². The molecule has 21 heavy (non-hydrogen) atoms. The molecule has 3 aromatic rings. The van der Waals surface area contributed by atoms with Crippen LogP contribution in [0.25, 0.3) is 23.2 Å². The molecule has 2 aromatic carbocycles. The Bertz CT molecular complexity index is 770. The van der Waals surface area contributed by atoms with Crippen molar-refractivity contribution in [1.82, 2.24) is 9.55 Å². The smallest absolute Gasteiger partial charge is 0.133 e. The molecule has 0 atom stereocenters. The molecule has 3 heteroatoms. The largest absolute Gasteiger partial charge is 0.324 e. The lowest BCUT2D eigenvalue weighted by Crippen LogP contribution is -1.99. The van der Waals surface area contributed by atoms with E-state index in [1.54, 1.807) is 12.1 Å². The minimum Gasteiger partial charge on any atom is -0.324 e. The van der Waals surface area contributed by atoms with E-state index in [1.165, 1.54) is 12.1 Å². The van der Waals surface area contributed by atoms with Gasteiger partial charge in [-0.05, 0) is 42.3 Å². The maximum absolute atomic E-state index is 12.9. The van der Waals surface area contributed by atoms with Crippen molar-refractivity contribution in [2.24, 2.45) is 0 Å². The number of hydrogen-bond acceptors (Lipinski definition) is 1. The summed E-state index contributed by atoms with van der Waals surface area (Å²) in [5.74, 6) is 0.716. The van der Waals surface area contributed by atoms with Crippen LogP contribution in [0.3, 0.4) is 0 Å². The van der Waals surface area contributed by atoms with E-state index < -0.39 is 0 Å². The Balaban J connectivity index is 1.99. The molecule has 0 aliphatic carbocycles. The Morgan fingerprint density at radius 3 is 2.57 bits per heavy atom. The quantitative estimate of drug-likeness (QED) is 0.674. The predicted molar refractivity (Wildman–Crippen MR) is 85.4 cm³/mol. The number of halogens is 1. The first-order valence-corrected chi connectivity index (χ1v) is 7.17.